The van der Waals surface area contributed by atoms with Crippen molar-refractivity contribution in [2.24, 2.45) is 5.73 Å². The molecular weight excluding hydrogens is 234 g/mol. The van der Waals surface area contributed by atoms with Crippen molar-refractivity contribution < 1.29 is 9.53 Å². The third kappa shape index (κ3) is 4.31. The summed E-state index contributed by atoms with van der Waals surface area (Å²) in [4.78, 5) is 23.4. The molecule has 0 unspecified atom stereocenters. The van der Waals surface area contributed by atoms with Crippen molar-refractivity contribution in [1.29, 1.82) is 0 Å². The molecule has 1 aromatic heterocycles. The second-order valence-electron chi connectivity index (χ2n) is 3.87. The van der Waals surface area contributed by atoms with E-state index >= 15 is 0 Å². The Hall–Kier alpha value is -1.66. The molecule has 0 aliphatic carbocycles. The summed E-state index contributed by atoms with van der Waals surface area (Å²) in [5.74, 6) is -0.192. The number of pyridine rings is 1. The molecule has 3 N–H and O–H groups in total. The first-order valence-corrected chi connectivity index (χ1v) is 5.83. The molecule has 18 heavy (non-hydrogen) atoms. The molecule has 0 radical (unpaired) electrons. The minimum Gasteiger partial charge on any atom is -0.385 e. The topological polar surface area (TPSA) is 86.3 Å². The third-order valence-electron chi connectivity index (χ3n) is 2.48. The molecule has 1 aromatic rings. The van der Waals surface area contributed by atoms with Gasteiger partial charge in [-0.1, -0.05) is 6.07 Å². The van der Waals surface area contributed by atoms with E-state index in [9.17, 15) is 9.59 Å². The summed E-state index contributed by atoms with van der Waals surface area (Å²) in [7, 11) is 1.61. The predicted octanol–water partition coefficient (Wildman–Crippen LogP) is -0.540. The number of methoxy groups -OCH3 is 1. The summed E-state index contributed by atoms with van der Waals surface area (Å²) in [5.41, 5.74) is 5.72. The van der Waals surface area contributed by atoms with Crippen molar-refractivity contribution in [1.82, 2.24) is 9.88 Å². The number of nitrogens with two attached hydrogens (primary N) is 1. The summed E-state index contributed by atoms with van der Waals surface area (Å²) < 4.78 is 6.23. The summed E-state index contributed by atoms with van der Waals surface area (Å²) in [6, 6.07) is 3.37. The van der Waals surface area contributed by atoms with E-state index in [0.717, 1.165) is 6.42 Å². The van der Waals surface area contributed by atoms with Gasteiger partial charge in [-0.3, -0.25) is 9.59 Å². The van der Waals surface area contributed by atoms with Gasteiger partial charge in [0, 0.05) is 38.6 Å². The van der Waals surface area contributed by atoms with E-state index < -0.39 is 0 Å². The van der Waals surface area contributed by atoms with Gasteiger partial charge in [-0.2, -0.15) is 0 Å². The molecule has 6 nitrogen and oxygen atoms in total. The molecule has 0 atom stereocenters. The van der Waals surface area contributed by atoms with Gasteiger partial charge < -0.3 is 20.4 Å². The Balaban J connectivity index is 2.52. The van der Waals surface area contributed by atoms with Gasteiger partial charge in [-0.25, -0.2) is 0 Å². The largest absolute Gasteiger partial charge is 0.385 e. The summed E-state index contributed by atoms with van der Waals surface area (Å²) >= 11 is 0. The highest BCUT2D eigenvalue weighted by Crippen LogP contribution is 1.90. The van der Waals surface area contributed by atoms with Gasteiger partial charge in [0.1, 0.15) is 6.54 Å². The van der Waals surface area contributed by atoms with Gasteiger partial charge in [-0.15, -0.1) is 0 Å². The second-order valence-corrected chi connectivity index (χ2v) is 3.87. The SMILES string of the molecule is COCCCNC(=O)Cn1cccc(CN)c1=O. The van der Waals surface area contributed by atoms with Crippen LogP contribution in [-0.4, -0.2) is 30.7 Å². The molecule has 6 heteroatoms. The Labute approximate surface area is 106 Å². The predicted molar refractivity (Wildman–Crippen MR) is 68.1 cm³/mol. The first-order chi connectivity index (χ1) is 8.69. The van der Waals surface area contributed by atoms with Crippen LogP contribution in [0.3, 0.4) is 0 Å². The van der Waals surface area contributed by atoms with E-state index in [1.165, 1.54) is 4.57 Å². The van der Waals surface area contributed by atoms with Gasteiger partial charge in [0.15, 0.2) is 0 Å². The van der Waals surface area contributed by atoms with Crippen LogP contribution < -0.4 is 16.6 Å². The van der Waals surface area contributed by atoms with Crippen molar-refractivity contribution >= 4 is 5.91 Å². The van der Waals surface area contributed by atoms with Crippen molar-refractivity contribution in [3.8, 4) is 0 Å². The highest BCUT2D eigenvalue weighted by molar-refractivity contribution is 5.75. The molecule has 0 aromatic carbocycles. The van der Waals surface area contributed by atoms with Crippen LogP contribution in [0.15, 0.2) is 23.1 Å². The Bertz CT molecular complexity index is 442. The number of rotatable bonds is 7. The molecule has 1 amide bonds. The third-order valence-corrected chi connectivity index (χ3v) is 2.48. The Morgan fingerprint density at radius 3 is 3.00 bits per heavy atom. The summed E-state index contributed by atoms with van der Waals surface area (Å²) in [6.45, 7) is 1.33. The minimum atomic E-state index is -0.216. The lowest BCUT2D eigenvalue weighted by atomic mass is 10.3. The highest BCUT2D eigenvalue weighted by atomic mass is 16.5. The summed E-state index contributed by atoms with van der Waals surface area (Å²) in [5, 5.41) is 2.72. The number of amides is 1. The van der Waals surface area contributed by atoms with Crippen LogP contribution in [0.5, 0.6) is 0 Å². The van der Waals surface area contributed by atoms with E-state index in [0.29, 0.717) is 18.7 Å². The molecule has 0 fully saturated rings. The molecule has 0 aliphatic heterocycles. The number of carbonyl (C=O) groups is 1. The van der Waals surface area contributed by atoms with E-state index in [4.69, 9.17) is 10.5 Å². The maximum atomic E-state index is 11.8. The fourth-order valence-corrected chi connectivity index (χ4v) is 1.52. The maximum Gasteiger partial charge on any atom is 0.255 e. The lowest BCUT2D eigenvalue weighted by Gasteiger charge is -2.08. The molecule has 0 saturated carbocycles. The number of hydrogen-bond acceptors (Lipinski definition) is 4. The molecule has 100 valence electrons. The van der Waals surface area contributed by atoms with Crippen LogP contribution in [0.2, 0.25) is 0 Å². The zero-order chi connectivity index (χ0) is 13.4. The van der Waals surface area contributed by atoms with E-state index in [1.54, 1.807) is 25.4 Å². The maximum absolute atomic E-state index is 11.8. The van der Waals surface area contributed by atoms with E-state index in [-0.39, 0.29) is 24.6 Å². The monoisotopic (exact) mass is 253 g/mol. The van der Waals surface area contributed by atoms with Crippen LogP contribution in [0, 0.1) is 0 Å². The smallest absolute Gasteiger partial charge is 0.255 e. The average Bonchev–Trinajstić information content (AvgIpc) is 2.37. The quantitative estimate of drug-likeness (QED) is 0.639. The van der Waals surface area contributed by atoms with Crippen LogP contribution in [0.25, 0.3) is 0 Å². The zero-order valence-electron chi connectivity index (χ0n) is 10.5. The number of carbonyl (C=O) groups excluding carboxylic acids is 1. The number of aromatic nitrogens is 1. The Morgan fingerprint density at radius 2 is 2.33 bits per heavy atom. The molecule has 0 aliphatic rings. The molecule has 0 spiro atoms. The second kappa shape index (κ2) is 7.62. The normalized spacial score (nSPS) is 10.3. The number of hydrogen-bond donors (Lipinski definition) is 2. The van der Waals surface area contributed by atoms with Crippen LogP contribution in [-0.2, 0) is 22.6 Å². The number of ether oxygens (including phenoxy) is 1. The Kier molecular flexibility index (Phi) is 6.10. The molecule has 0 saturated heterocycles. The van der Waals surface area contributed by atoms with Crippen molar-refractivity contribution in [3.63, 3.8) is 0 Å². The van der Waals surface area contributed by atoms with E-state index in [2.05, 4.69) is 5.32 Å². The van der Waals surface area contributed by atoms with Crippen molar-refractivity contribution in [3.05, 3.63) is 34.2 Å². The lowest BCUT2D eigenvalue weighted by molar-refractivity contribution is -0.121. The number of nitrogens with zero attached hydrogens (tertiary/aromatic N) is 1. The minimum absolute atomic E-state index is 0.0135. The number of nitrogens with one attached hydrogen (secondary N) is 1. The summed E-state index contributed by atoms with van der Waals surface area (Å²) in [6.07, 6.45) is 2.33. The van der Waals surface area contributed by atoms with Gasteiger partial charge in [0.05, 0.1) is 0 Å². The van der Waals surface area contributed by atoms with Crippen LogP contribution in [0.4, 0.5) is 0 Å². The fraction of sp³-hybridized carbons (Fsp3) is 0.500. The molecule has 0 bridgehead atoms. The van der Waals surface area contributed by atoms with Gasteiger partial charge >= 0.3 is 0 Å². The first-order valence-electron chi connectivity index (χ1n) is 5.83. The van der Waals surface area contributed by atoms with Gasteiger partial charge in [0.2, 0.25) is 5.91 Å². The standard InChI is InChI=1S/C12H19N3O3/c1-18-7-3-5-14-11(16)9-15-6-2-4-10(8-13)12(15)17/h2,4,6H,3,5,7-9,13H2,1H3,(H,14,16). The van der Waals surface area contributed by atoms with Crippen molar-refractivity contribution in [2.45, 2.75) is 19.5 Å². The van der Waals surface area contributed by atoms with Gasteiger partial charge in [0.25, 0.3) is 5.56 Å². The average molecular weight is 253 g/mol. The van der Waals surface area contributed by atoms with Crippen molar-refractivity contribution in [2.75, 3.05) is 20.3 Å². The zero-order valence-corrected chi connectivity index (χ0v) is 10.5. The molecule has 1 rings (SSSR count). The van der Waals surface area contributed by atoms with Crippen LogP contribution in [0.1, 0.15) is 12.0 Å². The lowest BCUT2D eigenvalue weighted by Crippen LogP contribution is -2.34. The fourth-order valence-electron chi connectivity index (χ4n) is 1.52. The first kappa shape index (κ1) is 14.4. The molecule has 1 heterocycles. The van der Waals surface area contributed by atoms with E-state index in [1.807, 2.05) is 0 Å². The van der Waals surface area contributed by atoms with Gasteiger partial charge in [-0.05, 0) is 12.5 Å². The molecular formula is C12H19N3O3. The highest BCUT2D eigenvalue weighted by Gasteiger charge is 2.05. The Morgan fingerprint density at radius 1 is 1.56 bits per heavy atom. The van der Waals surface area contributed by atoms with Crippen LogP contribution >= 0.6 is 0 Å².